The maximum Gasteiger partial charge on any atom is 0.254 e. The third-order valence-electron chi connectivity index (χ3n) is 4.69. The molecule has 0 aliphatic rings. The van der Waals surface area contributed by atoms with Crippen LogP contribution in [0.25, 0.3) is 21.8 Å². The van der Waals surface area contributed by atoms with Gasteiger partial charge in [-0.2, -0.15) is 0 Å². The number of hydrogen-bond donors (Lipinski definition) is 1. The highest BCUT2D eigenvalue weighted by Gasteiger charge is 2.09. The molecule has 1 amide bonds. The average Bonchev–Trinajstić information content (AvgIpc) is 3.29. The van der Waals surface area contributed by atoms with Crippen molar-refractivity contribution in [1.29, 1.82) is 0 Å². The molecule has 0 atom stereocenters. The summed E-state index contributed by atoms with van der Waals surface area (Å²) in [6, 6.07) is 16.1. The van der Waals surface area contributed by atoms with Gasteiger partial charge in [-0.15, -0.1) is 11.3 Å². The quantitative estimate of drug-likeness (QED) is 0.444. The predicted octanol–water partition coefficient (Wildman–Crippen LogP) is 4.01. The van der Waals surface area contributed by atoms with Crippen LogP contribution in [-0.4, -0.2) is 27.6 Å². The Morgan fingerprint density at radius 2 is 1.84 bits per heavy atom. The summed E-state index contributed by atoms with van der Waals surface area (Å²) in [7, 11) is 1.62. The van der Waals surface area contributed by atoms with E-state index in [9.17, 15) is 9.59 Å². The summed E-state index contributed by atoms with van der Waals surface area (Å²) in [5.74, 6) is 0.482. The fourth-order valence-electron chi connectivity index (χ4n) is 2.98. The summed E-state index contributed by atoms with van der Waals surface area (Å²) >= 11 is 7.39. The van der Waals surface area contributed by atoms with Crippen molar-refractivity contribution in [2.45, 2.75) is 13.1 Å². The molecule has 0 aliphatic carbocycles. The molecule has 0 aliphatic heterocycles. The minimum absolute atomic E-state index is 0.123. The number of benzene rings is 2. The SMILES string of the molecule is COc1ccc(-c2nc(CNC(=O)Cn3cnc(-c4ccc(Cl)cc4)cc3=O)cs2)cc1. The molecule has 162 valence electrons. The van der Waals surface area contributed by atoms with E-state index >= 15 is 0 Å². The van der Waals surface area contributed by atoms with Crippen LogP contribution in [0.2, 0.25) is 5.02 Å². The van der Waals surface area contributed by atoms with Crippen LogP contribution in [0.15, 0.2) is 71.1 Å². The standard InChI is InChI=1S/C23H19ClN4O3S/c1-31-19-8-4-16(5-9-19)23-27-18(13-32-23)11-25-21(29)12-28-14-26-20(10-22(28)30)15-2-6-17(24)7-3-15/h2-10,13-14H,11-12H2,1H3,(H,25,29). The van der Waals surface area contributed by atoms with E-state index in [0.717, 1.165) is 27.6 Å². The van der Waals surface area contributed by atoms with E-state index in [2.05, 4.69) is 15.3 Å². The van der Waals surface area contributed by atoms with Crippen LogP contribution >= 0.6 is 22.9 Å². The fourth-order valence-corrected chi connectivity index (χ4v) is 3.93. The van der Waals surface area contributed by atoms with Gasteiger partial charge in [0, 0.05) is 27.6 Å². The lowest BCUT2D eigenvalue weighted by molar-refractivity contribution is -0.121. The summed E-state index contributed by atoms with van der Waals surface area (Å²) in [5, 5.41) is 6.15. The van der Waals surface area contributed by atoms with Crippen molar-refractivity contribution in [1.82, 2.24) is 19.9 Å². The van der Waals surface area contributed by atoms with Crippen molar-refractivity contribution in [2.24, 2.45) is 0 Å². The van der Waals surface area contributed by atoms with E-state index in [1.54, 1.807) is 31.4 Å². The molecule has 0 bridgehead atoms. The van der Waals surface area contributed by atoms with Gasteiger partial charge in [0.2, 0.25) is 5.91 Å². The molecule has 2 aromatic heterocycles. The number of nitrogens with zero attached hydrogens (tertiary/aromatic N) is 3. The molecule has 0 unspecified atom stereocenters. The van der Waals surface area contributed by atoms with Crippen molar-refractivity contribution >= 4 is 28.8 Å². The van der Waals surface area contributed by atoms with Gasteiger partial charge in [-0.3, -0.25) is 14.2 Å². The second-order valence-electron chi connectivity index (χ2n) is 6.90. The zero-order chi connectivity index (χ0) is 22.5. The highest BCUT2D eigenvalue weighted by molar-refractivity contribution is 7.13. The van der Waals surface area contributed by atoms with Crippen molar-refractivity contribution in [3.63, 3.8) is 0 Å². The smallest absolute Gasteiger partial charge is 0.254 e. The first-order valence-corrected chi connectivity index (χ1v) is 11.0. The van der Waals surface area contributed by atoms with Crippen LogP contribution in [0, 0.1) is 0 Å². The van der Waals surface area contributed by atoms with Crippen molar-refractivity contribution < 1.29 is 9.53 Å². The molecular weight excluding hydrogens is 448 g/mol. The second kappa shape index (κ2) is 9.76. The van der Waals surface area contributed by atoms with Gasteiger partial charge in [0.15, 0.2) is 0 Å². The minimum atomic E-state index is -0.310. The van der Waals surface area contributed by atoms with E-state index in [0.29, 0.717) is 10.7 Å². The van der Waals surface area contributed by atoms with Crippen LogP contribution in [0.3, 0.4) is 0 Å². The minimum Gasteiger partial charge on any atom is -0.497 e. The molecule has 2 aromatic carbocycles. The Labute approximate surface area is 193 Å². The van der Waals surface area contributed by atoms with Crippen LogP contribution in [0.1, 0.15) is 5.69 Å². The number of rotatable bonds is 7. The number of thiazole rings is 1. The van der Waals surface area contributed by atoms with E-state index in [-0.39, 0.29) is 24.6 Å². The average molecular weight is 467 g/mol. The molecule has 0 radical (unpaired) electrons. The van der Waals surface area contributed by atoms with Gasteiger partial charge in [0.25, 0.3) is 5.56 Å². The van der Waals surface area contributed by atoms with Crippen LogP contribution < -0.4 is 15.6 Å². The van der Waals surface area contributed by atoms with Crippen LogP contribution in [0.5, 0.6) is 5.75 Å². The van der Waals surface area contributed by atoms with Crippen molar-refractivity contribution in [2.75, 3.05) is 7.11 Å². The van der Waals surface area contributed by atoms with Gasteiger partial charge >= 0.3 is 0 Å². The third-order valence-corrected chi connectivity index (χ3v) is 5.88. The number of methoxy groups -OCH3 is 1. The number of nitrogens with one attached hydrogen (secondary N) is 1. The fraction of sp³-hybridized carbons (Fsp3) is 0.130. The first-order chi connectivity index (χ1) is 15.5. The number of aromatic nitrogens is 3. The first-order valence-electron chi connectivity index (χ1n) is 9.70. The number of halogens is 1. The molecule has 4 rings (SSSR count). The summed E-state index contributed by atoms with van der Waals surface area (Å²) in [5.41, 5.74) is 2.72. The lowest BCUT2D eigenvalue weighted by Gasteiger charge is -2.07. The summed E-state index contributed by atoms with van der Waals surface area (Å²) in [6.45, 7) is 0.152. The Balaban J connectivity index is 1.35. The van der Waals surface area contributed by atoms with Gasteiger partial charge in [0.05, 0.1) is 31.4 Å². The summed E-state index contributed by atoms with van der Waals surface area (Å²) < 4.78 is 6.43. The molecule has 7 nitrogen and oxygen atoms in total. The summed E-state index contributed by atoms with van der Waals surface area (Å²) in [6.07, 6.45) is 1.37. The zero-order valence-electron chi connectivity index (χ0n) is 17.1. The number of carbonyl (C=O) groups excluding carboxylic acids is 1. The first kappa shape index (κ1) is 21.7. The maximum absolute atomic E-state index is 12.4. The molecule has 1 N–H and O–H groups in total. The van der Waals surface area contributed by atoms with E-state index in [1.807, 2.05) is 29.6 Å². The lowest BCUT2D eigenvalue weighted by atomic mass is 10.1. The van der Waals surface area contributed by atoms with Crippen LogP contribution in [-0.2, 0) is 17.9 Å². The summed E-state index contributed by atoms with van der Waals surface area (Å²) in [4.78, 5) is 33.6. The molecule has 0 saturated carbocycles. The van der Waals surface area contributed by atoms with Gasteiger partial charge in [-0.1, -0.05) is 23.7 Å². The number of ether oxygens (including phenoxy) is 1. The molecular formula is C23H19ClN4O3S. The predicted molar refractivity (Wildman–Crippen MR) is 125 cm³/mol. The normalized spacial score (nSPS) is 10.7. The molecule has 32 heavy (non-hydrogen) atoms. The largest absolute Gasteiger partial charge is 0.497 e. The molecule has 0 fully saturated rings. The Hall–Kier alpha value is -3.49. The highest BCUT2D eigenvalue weighted by atomic mass is 35.5. The zero-order valence-corrected chi connectivity index (χ0v) is 18.7. The maximum atomic E-state index is 12.4. The molecule has 4 aromatic rings. The van der Waals surface area contributed by atoms with Crippen molar-refractivity contribution in [3.05, 3.63) is 87.4 Å². The molecule has 0 saturated heterocycles. The number of hydrogen-bond acceptors (Lipinski definition) is 6. The van der Waals surface area contributed by atoms with E-state index in [4.69, 9.17) is 16.3 Å². The number of carbonyl (C=O) groups is 1. The van der Waals surface area contributed by atoms with Gasteiger partial charge in [-0.25, -0.2) is 9.97 Å². The monoisotopic (exact) mass is 466 g/mol. The third kappa shape index (κ3) is 5.22. The molecule has 9 heteroatoms. The lowest BCUT2D eigenvalue weighted by Crippen LogP contribution is -2.32. The topological polar surface area (TPSA) is 86.1 Å². The number of amides is 1. The van der Waals surface area contributed by atoms with E-state index < -0.39 is 0 Å². The molecule has 0 spiro atoms. The highest BCUT2D eigenvalue weighted by Crippen LogP contribution is 2.25. The van der Waals surface area contributed by atoms with Gasteiger partial charge < -0.3 is 10.1 Å². The molecule has 2 heterocycles. The Morgan fingerprint density at radius 1 is 1.12 bits per heavy atom. The van der Waals surface area contributed by atoms with E-state index in [1.165, 1.54) is 28.3 Å². The Morgan fingerprint density at radius 3 is 2.53 bits per heavy atom. The van der Waals surface area contributed by atoms with Gasteiger partial charge in [-0.05, 0) is 36.4 Å². The van der Waals surface area contributed by atoms with Gasteiger partial charge in [0.1, 0.15) is 17.3 Å². The Kier molecular flexibility index (Phi) is 6.63. The van der Waals surface area contributed by atoms with Crippen molar-refractivity contribution in [3.8, 4) is 27.6 Å². The Bertz CT molecular complexity index is 1280. The van der Waals surface area contributed by atoms with Crippen LogP contribution in [0.4, 0.5) is 0 Å². The second-order valence-corrected chi connectivity index (χ2v) is 8.19.